The number of anilines is 2. The standard InChI is InChI=1S/C27H25ClN2S/c1-30(24-11-3-2-4-12-24)26-13-7-5-9-21(26)19-29-20-22-10-6-8-14-27(22)31-25-17-15-23(28)16-18-25/h2-18,29H,19-20H2,1H3. The van der Waals surface area contributed by atoms with Gasteiger partial charge in [-0.15, -0.1) is 0 Å². The van der Waals surface area contributed by atoms with Gasteiger partial charge < -0.3 is 10.2 Å². The van der Waals surface area contributed by atoms with Gasteiger partial charge in [-0.25, -0.2) is 0 Å². The van der Waals surface area contributed by atoms with Crippen molar-refractivity contribution in [2.75, 3.05) is 11.9 Å². The molecule has 4 heteroatoms. The molecular weight excluding hydrogens is 420 g/mol. The predicted octanol–water partition coefficient (Wildman–Crippen LogP) is 7.55. The van der Waals surface area contributed by atoms with Crippen LogP contribution in [-0.2, 0) is 13.1 Å². The summed E-state index contributed by atoms with van der Waals surface area (Å²) in [5.74, 6) is 0. The molecule has 4 aromatic carbocycles. The summed E-state index contributed by atoms with van der Waals surface area (Å²) in [6, 6.07) is 35.6. The molecule has 0 fully saturated rings. The van der Waals surface area contributed by atoms with E-state index >= 15 is 0 Å². The fourth-order valence-corrected chi connectivity index (χ4v) is 4.56. The molecule has 31 heavy (non-hydrogen) atoms. The number of para-hydroxylation sites is 2. The zero-order valence-corrected chi connectivity index (χ0v) is 19.0. The van der Waals surface area contributed by atoms with Gasteiger partial charge in [-0.3, -0.25) is 0 Å². The Hall–Kier alpha value is -2.72. The average molecular weight is 445 g/mol. The zero-order valence-electron chi connectivity index (χ0n) is 17.5. The Morgan fingerprint density at radius 2 is 1.32 bits per heavy atom. The molecule has 4 rings (SSSR count). The molecule has 0 saturated heterocycles. The smallest absolute Gasteiger partial charge is 0.0453 e. The molecule has 0 bridgehead atoms. The first-order valence-corrected chi connectivity index (χ1v) is 11.5. The summed E-state index contributed by atoms with van der Waals surface area (Å²) < 4.78 is 0. The van der Waals surface area contributed by atoms with E-state index in [2.05, 4.69) is 102 Å². The Labute approximate surface area is 193 Å². The number of rotatable bonds is 8. The van der Waals surface area contributed by atoms with E-state index in [0.717, 1.165) is 18.1 Å². The molecule has 0 aliphatic heterocycles. The molecule has 2 nitrogen and oxygen atoms in total. The van der Waals surface area contributed by atoms with Crippen molar-refractivity contribution in [2.45, 2.75) is 22.9 Å². The van der Waals surface area contributed by atoms with Crippen LogP contribution in [0.5, 0.6) is 0 Å². The summed E-state index contributed by atoms with van der Waals surface area (Å²) in [4.78, 5) is 4.68. The first-order valence-electron chi connectivity index (χ1n) is 10.3. The minimum Gasteiger partial charge on any atom is -0.344 e. The van der Waals surface area contributed by atoms with Crippen molar-refractivity contribution in [3.8, 4) is 0 Å². The van der Waals surface area contributed by atoms with Crippen molar-refractivity contribution in [3.05, 3.63) is 119 Å². The second kappa shape index (κ2) is 10.5. The van der Waals surface area contributed by atoms with Crippen LogP contribution in [0.15, 0.2) is 113 Å². The molecule has 4 aromatic rings. The third-order valence-electron chi connectivity index (χ3n) is 5.14. The van der Waals surface area contributed by atoms with Crippen molar-refractivity contribution >= 4 is 34.7 Å². The van der Waals surface area contributed by atoms with E-state index in [9.17, 15) is 0 Å². The highest BCUT2D eigenvalue weighted by molar-refractivity contribution is 7.99. The quantitative estimate of drug-likeness (QED) is 0.302. The lowest BCUT2D eigenvalue weighted by Crippen LogP contribution is -2.17. The van der Waals surface area contributed by atoms with Crippen LogP contribution in [0.25, 0.3) is 0 Å². The van der Waals surface area contributed by atoms with Gasteiger partial charge in [0.2, 0.25) is 0 Å². The highest BCUT2D eigenvalue weighted by Crippen LogP contribution is 2.31. The van der Waals surface area contributed by atoms with Crippen molar-refractivity contribution in [3.63, 3.8) is 0 Å². The molecule has 1 N–H and O–H groups in total. The lowest BCUT2D eigenvalue weighted by atomic mass is 10.1. The Morgan fingerprint density at radius 1 is 0.710 bits per heavy atom. The second-order valence-electron chi connectivity index (χ2n) is 7.29. The summed E-state index contributed by atoms with van der Waals surface area (Å²) in [5.41, 5.74) is 4.96. The van der Waals surface area contributed by atoms with E-state index in [1.54, 1.807) is 11.8 Å². The number of hydrogen-bond donors (Lipinski definition) is 1. The van der Waals surface area contributed by atoms with Crippen LogP contribution in [0.1, 0.15) is 11.1 Å². The Morgan fingerprint density at radius 3 is 2.10 bits per heavy atom. The van der Waals surface area contributed by atoms with Gasteiger partial charge in [-0.2, -0.15) is 0 Å². The predicted molar refractivity (Wildman–Crippen MR) is 134 cm³/mol. The van der Waals surface area contributed by atoms with Crippen LogP contribution in [-0.4, -0.2) is 7.05 Å². The van der Waals surface area contributed by atoms with Gasteiger partial charge in [0.25, 0.3) is 0 Å². The summed E-state index contributed by atoms with van der Waals surface area (Å²) in [6.45, 7) is 1.60. The molecule has 156 valence electrons. The molecule has 0 amide bonds. The highest BCUT2D eigenvalue weighted by atomic mass is 35.5. The van der Waals surface area contributed by atoms with Gasteiger partial charge in [0.1, 0.15) is 0 Å². The minimum absolute atomic E-state index is 0.762. The van der Waals surface area contributed by atoms with Crippen molar-refractivity contribution in [1.82, 2.24) is 5.32 Å². The molecule has 0 aliphatic rings. The van der Waals surface area contributed by atoms with E-state index in [1.807, 2.05) is 18.2 Å². The van der Waals surface area contributed by atoms with E-state index in [1.165, 1.54) is 32.3 Å². The number of benzene rings is 4. The third-order valence-corrected chi connectivity index (χ3v) is 6.52. The molecule has 0 spiro atoms. The second-order valence-corrected chi connectivity index (χ2v) is 8.84. The lowest BCUT2D eigenvalue weighted by molar-refractivity contribution is 0.685. The van der Waals surface area contributed by atoms with Gasteiger partial charge in [0, 0.05) is 46.3 Å². The number of hydrogen-bond acceptors (Lipinski definition) is 3. The zero-order chi connectivity index (χ0) is 21.5. The fraction of sp³-hybridized carbons (Fsp3) is 0.111. The number of nitrogens with one attached hydrogen (secondary N) is 1. The minimum atomic E-state index is 0.762. The largest absolute Gasteiger partial charge is 0.344 e. The van der Waals surface area contributed by atoms with Crippen LogP contribution in [0.4, 0.5) is 11.4 Å². The SMILES string of the molecule is CN(c1ccccc1)c1ccccc1CNCc1ccccc1Sc1ccc(Cl)cc1. The Kier molecular flexibility index (Phi) is 7.31. The van der Waals surface area contributed by atoms with Gasteiger partial charge in [-0.05, 0) is 59.7 Å². The van der Waals surface area contributed by atoms with E-state index in [0.29, 0.717) is 0 Å². The van der Waals surface area contributed by atoms with Gasteiger partial charge >= 0.3 is 0 Å². The highest BCUT2D eigenvalue weighted by Gasteiger charge is 2.09. The van der Waals surface area contributed by atoms with Crippen LogP contribution in [0.2, 0.25) is 5.02 Å². The maximum Gasteiger partial charge on any atom is 0.0453 e. The topological polar surface area (TPSA) is 15.3 Å². The van der Waals surface area contributed by atoms with Crippen molar-refractivity contribution < 1.29 is 0 Å². The maximum absolute atomic E-state index is 6.02. The molecule has 0 unspecified atom stereocenters. The summed E-state index contributed by atoms with van der Waals surface area (Å²) in [5, 5.41) is 4.40. The summed E-state index contributed by atoms with van der Waals surface area (Å²) in [6.07, 6.45) is 0. The van der Waals surface area contributed by atoms with Crippen LogP contribution in [0, 0.1) is 0 Å². The number of halogens is 1. The Bertz CT molecular complexity index is 1110. The first-order chi connectivity index (χ1) is 15.2. The van der Waals surface area contributed by atoms with E-state index in [-0.39, 0.29) is 0 Å². The fourth-order valence-electron chi connectivity index (χ4n) is 3.49. The molecule has 0 radical (unpaired) electrons. The van der Waals surface area contributed by atoms with Crippen LogP contribution in [0.3, 0.4) is 0 Å². The van der Waals surface area contributed by atoms with Crippen LogP contribution < -0.4 is 10.2 Å². The van der Waals surface area contributed by atoms with E-state index < -0.39 is 0 Å². The van der Waals surface area contributed by atoms with Crippen molar-refractivity contribution in [1.29, 1.82) is 0 Å². The average Bonchev–Trinajstić information content (AvgIpc) is 2.82. The van der Waals surface area contributed by atoms with E-state index in [4.69, 9.17) is 11.6 Å². The summed E-state index contributed by atoms with van der Waals surface area (Å²) >= 11 is 7.79. The molecule has 0 saturated carbocycles. The third kappa shape index (κ3) is 5.71. The van der Waals surface area contributed by atoms with Gasteiger partial charge in [0.15, 0.2) is 0 Å². The molecule has 0 heterocycles. The normalized spacial score (nSPS) is 10.8. The van der Waals surface area contributed by atoms with Crippen LogP contribution >= 0.6 is 23.4 Å². The first kappa shape index (κ1) is 21.5. The Balaban J connectivity index is 1.44. The molecule has 0 atom stereocenters. The summed E-state index contributed by atoms with van der Waals surface area (Å²) in [7, 11) is 2.12. The number of nitrogens with zero attached hydrogens (tertiary/aromatic N) is 1. The monoisotopic (exact) mass is 444 g/mol. The van der Waals surface area contributed by atoms with Gasteiger partial charge in [-0.1, -0.05) is 78.0 Å². The molecular formula is C27H25ClN2S. The van der Waals surface area contributed by atoms with Crippen molar-refractivity contribution in [2.24, 2.45) is 0 Å². The molecule has 0 aromatic heterocycles. The maximum atomic E-state index is 6.02. The lowest BCUT2D eigenvalue weighted by Gasteiger charge is -2.23. The van der Waals surface area contributed by atoms with Gasteiger partial charge in [0.05, 0.1) is 0 Å². The molecule has 0 aliphatic carbocycles.